The van der Waals surface area contributed by atoms with Gasteiger partial charge in [0.25, 0.3) is 6.47 Å². The Bertz CT molecular complexity index is 157. The quantitative estimate of drug-likeness (QED) is 0.656. The van der Waals surface area contributed by atoms with Crippen LogP contribution in [0.3, 0.4) is 0 Å². The third-order valence-corrected chi connectivity index (χ3v) is 3.11. The molecule has 0 bridgehead atoms. The molecule has 1 N–H and O–H groups in total. The molecule has 1 saturated carbocycles. The zero-order valence-electron chi connectivity index (χ0n) is 9.96. The lowest BCUT2D eigenvalue weighted by atomic mass is 10.1. The molecule has 0 aromatic carbocycles. The zero-order valence-corrected chi connectivity index (χ0v) is 9.96. The van der Waals surface area contributed by atoms with Crippen LogP contribution in [0.4, 0.5) is 0 Å². The minimum Gasteiger partial charge on any atom is -0.471 e. The number of carbonyl (C=O) groups excluding carboxylic acids is 1. The van der Waals surface area contributed by atoms with Gasteiger partial charge in [0.2, 0.25) is 0 Å². The first-order chi connectivity index (χ1) is 6.64. The second-order valence-electron chi connectivity index (χ2n) is 4.02. The Kier molecular flexibility index (Phi) is 5.77. The molecule has 0 aromatic rings. The summed E-state index contributed by atoms with van der Waals surface area (Å²) in [5.41, 5.74) is 0.700. The summed E-state index contributed by atoms with van der Waals surface area (Å²) in [7, 11) is 1.31. The molecule has 1 saturated heterocycles. The highest BCUT2D eigenvalue weighted by Crippen LogP contribution is 2.59. The first kappa shape index (κ1) is 13.4. The maximum Gasteiger partial charge on any atom is 0.292 e. The summed E-state index contributed by atoms with van der Waals surface area (Å²) < 4.78 is 3.86. The second-order valence-corrected chi connectivity index (χ2v) is 4.02. The van der Waals surface area contributed by atoms with E-state index in [0.29, 0.717) is 11.9 Å². The van der Waals surface area contributed by atoms with Crippen LogP contribution in [0, 0.1) is 17.3 Å². The molecule has 2 atom stereocenters. The number of rotatable bonds is 1. The van der Waals surface area contributed by atoms with Crippen LogP contribution in [0.5, 0.6) is 0 Å². The van der Waals surface area contributed by atoms with Gasteiger partial charge in [0.1, 0.15) is 0 Å². The van der Waals surface area contributed by atoms with Crippen molar-refractivity contribution in [1.82, 2.24) is 5.32 Å². The van der Waals surface area contributed by atoms with Gasteiger partial charge in [0.15, 0.2) is 0 Å². The normalized spacial score (nSPS) is 29.8. The number of carbonyl (C=O) groups is 1. The molecule has 2 fully saturated rings. The fraction of sp³-hybridized carbons (Fsp3) is 0.909. The average molecular weight is 201 g/mol. The molecule has 84 valence electrons. The zero-order chi connectivity index (χ0) is 11.2. The van der Waals surface area contributed by atoms with Crippen LogP contribution in [0.1, 0.15) is 27.7 Å². The molecule has 14 heavy (non-hydrogen) atoms. The lowest BCUT2D eigenvalue weighted by Crippen LogP contribution is -2.17. The number of ether oxygens (including phenoxy) is 1. The van der Waals surface area contributed by atoms with E-state index in [-0.39, 0.29) is 0 Å². The Morgan fingerprint density at radius 3 is 1.79 bits per heavy atom. The van der Waals surface area contributed by atoms with Gasteiger partial charge < -0.3 is 10.1 Å². The predicted molar refractivity (Wildman–Crippen MR) is 58.1 cm³/mol. The third kappa shape index (κ3) is 2.98. The Hall–Kier alpha value is -0.570. The molecule has 2 unspecified atom stereocenters. The molecular formula is C11H23NO2. The minimum absolute atomic E-state index is 0.375. The lowest BCUT2D eigenvalue weighted by Gasteiger charge is -2.06. The van der Waals surface area contributed by atoms with Gasteiger partial charge in [-0.15, -0.1) is 0 Å². The summed E-state index contributed by atoms with van der Waals surface area (Å²) in [5, 5.41) is 3.38. The Balaban J connectivity index is 0.000000245. The van der Waals surface area contributed by atoms with E-state index in [9.17, 15) is 0 Å². The van der Waals surface area contributed by atoms with Gasteiger partial charge in [-0.1, -0.05) is 27.7 Å². The first-order valence-corrected chi connectivity index (χ1v) is 5.31. The molecule has 3 nitrogen and oxygen atoms in total. The highest BCUT2D eigenvalue weighted by atomic mass is 16.5. The van der Waals surface area contributed by atoms with Crippen LogP contribution in [0.2, 0.25) is 0 Å². The summed E-state index contributed by atoms with van der Waals surface area (Å²) in [6.45, 7) is 11.7. The van der Waals surface area contributed by atoms with E-state index in [1.54, 1.807) is 0 Å². The molecule has 2 aliphatic rings. The highest BCUT2D eigenvalue weighted by molar-refractivity contribution is 5.36. The topological polar surface area (TPSA) is 38.3 Å². The van der Waals surface area contributed by atoms with Gasteiger partial charge in [-0.3, -0.25) is 4.79 Å². The summed E-state index contributed by atoms with van der Waals surface area (Å²) >= 11 is 0. The van der Waals surface area contributed by atoms with Gasteiger partial charge in [-0.05, 0) is 30.3 Å². The van der Waals surface area contributed by atoms with Crippen molar-refractivity contribution in [1.29, 1.82) is 0 Å². The standard InChI is InChI=1S/C7H13N.C2H4O2.C2H6/c1-7(2)5-3-8-4-6(5)7;1-4-2-3;1-2/h5-6,8H,3-4H2,1-2H3;2H,1H3;1-2H3. The number of nitrogens with one attached hydrogen (secondary N) is 1. The van der Waals surface area contributed by atoms with Gasteiger partial charge in [0, 0.05) is 0 Å². The molecule has 0 radical (unpaired) electrons. The summed E-state index contributed by atoms with van der Waals surface area (Å²) in [6.07, 6.45) is 0. The van der Waals surface area contributed by atoms with Gasteiger partial charge in [0.05, 0.1) is 7.11 Å². The van der Waals surface area contributed by atoms with Crippen molar-refractivity contribution in [3.05, 3.63) is 0 Å². The predicted octanol–water partition coefficient (Wildman–Crippen LogP) is 1.68. The summed E-state index contributed by atoms with van der Waals surface area (Å²) in [6, 6.07) is 0. The number of piperidine rings is 1. The fourth-order valence-corrected chi connectivity index (χ4v) is 2.06. The van der Waals surface area contributed by atoms with Crippen LogP contribution in [-0.2, 0) is 9.53 Å². The lowest BCUT2D eigenvalue weighted by molar-refractivity contribution is -0.126. The smallest absolute Gasteiger partial charge is 0.292 e. The van der Waals surface area contributed by atoms with Crippen molar-refractivity contribution in [2.24, 2.45) is 17.3 Å². The number of hydrogen-bond donors (Lipinski definition) is 1. The second kappa shape index (κ2) is 6.02. The third-order valence-electron chi connectivity index (χ3n) is 3.11. The van der Waals surface area contributed by atoms with Crippen LogP contribution in [0.25, 0.3) is 0 Å². The van der Waals surface area contributed by atoms with Crippen molar-refractivity contribution >= 4 is 6.47 Å². The van der Waals surface area contributed by atoms with Gasteiger partial charge >= 0.3 is 0 Å². The van der Waals surface area contributed by atoms with E-state index >= 15 is 0 Å². The summed E-state index contributed by atoms with van der Waals surface area (Å²) in [5.74, 6) is 2.03. The Morgan fingerprint density at radius 2 is 1.64 bits per heavy atom. The Morgan fingerprint density at radius 1 is 1.29 bits per heavy atom. The van der Waals surface area contributed by atoms with Crippen molar-refractivity contribution in [3.63, 3.8) is 0 Å². The molecule has 3 heteroatoms. The van der Waals surface area contributed by atoms with E-state index < -0.39 is 0 Å². The number of fused-ring (bicyclic) bond motifs is 1. The molecular weight excluding hydrogens is 178 g/mol. The maximum absolute atomic E-state index is 8.95. The molecule has 0 aromatic heterocycles. The first-order valence-electron chi connectivity index (χ1n) is 5.31. The molecule has 0 spiro atoms. The van der Waals surface area contributed by atoms with Crippen molar-refractivity contribution < 1.29 is 9.53 Å². The van der Waals surface area contributed by atoms with E-state index in [0.717, 1.165) is 11.8 Å². The fourth-order valence-electron chi connectivity index (χ4n) is 2.06. The largest absolute Gasteiger partial charge is 0.471 e. The van der Waals surface area contributed by atoms with E-state index in [1.165, 1.54) is 20.2 Å². The monoisotopic (exact) mass is 201 g/mol. The van der Waals surface area contributed by atoms with Crippen LogP contribution >= 0.6 is 0 Å². The highest BCUT2D eigenvalue weighted by Gasteiger charge is 2.59. The number of hydrogen-bond acceptors (Lipinski definition) is 3. The van der Waals surface area contributed by atoms with Gasteiger partial charge in [-0.25, -0.2) is 0 Å². The van der Waals surface area contributed by atoms with Crippen molar-refractivity contribution in [3.8, 4) is 0 Å². The average Bonchev–Trinajstić information content (AvgIpc) is 2.67. The van der Waals surface area contributed by atoms with E-state index in [4.69, 9.17) is 4.79 Å². The van der Waals surface area contributed by atoms with Crippen LogP contribution < -0.4 is 5.32 Å². The molecule has 2 rings (SSSR count). The van der Waals surface area contributed by atoms with E-state index in [2.05, 4.69) is 23.9 Å². The minimum atomic E-state index is 0.375. The van der Waals surface area contributed by atoms with Crippen LogP contribution in [-0.4, -0.2) is 26.7 Å². The maximum atomic E-state index is 8.95. The van der Waals surface area contributed by atoms with Gasteiger partial charge in [-0.2, -0.15) is 0 Å². The Labute approximate surface area is 87.2 Å². The SMILES string of the molecule is CC.CC1(C)C2CNCC21.COC=O. The number of methoxy groups -OCH3 is 1. The molecule has 0 amide bonds. The molecule has 1 heterocycles. The van der Waals surface area contributed by atoms with Crippen molar-refractivity contribution in [2.45, 2.75) is 27.7 Å². The molecule has 1 aliphatic carbocycles. The van der Waals surface area contributed by atoms with Crippen LogP contribution in [0.15, 0.2) is 0 Å². The van der Waals surface area contributed by atoms with Crippen molar-refractivity contribution in [2.75, 3.05) is 20.2 Å². The summed E-state index contributed by atoms with van der Waals surface area (Å²) in [4.78, 5) is 8.95. The molecule has 1 aliphatic heterocycles. The van der Waals surface area contributed by atoms with E-state index in [1.807, 2.05) is 13.8 Å².